The number of carboxylic acids is 2. The number of aliphatic carboxylic acids is 2. The van der Waals surface area contributed by atoms with Crippen molar-refractivity contribution in [2.75, 3.05) is 26.2 Å². The number of morpholine rings is 1. The maximum Gasteiger partial charge on any atom is 0.490 e. The van der Waals surface area contributed by atoms with E-state index < -0.39 is 29.9 Å². The highest BCUT2D eigenvalue weighted by Crippen LogP contribution is 2.42. The summed E-state index contributed by atoms with van der Waals surface area (Å²) in [5.74, 6) is -5.85. The van der Waals surface area contributed by atoms with Crippen molar-refractivity contribution in [2.45, 2.75) is 37.0 Å². The summed E-state index contributed by atoms with van der Waals surface area (Å²) < 4.78 is 83.2. The Morgan fingerprint density at radius 2 is 1.43 bits per heavy atom. The van der Waals surface area contributed by atoms with Crippen LogP contribution in [-0.4, -0.2) is 87.0 Å². The van der Waals surface area contributed by atoms with Gasteiger partial charge in [0.1, 0.15) is 5.82 Å². The topological polar surface area (TPSA) is 120 Å². The second kappa shape index (κ2) is 15.1. The van der Waals surface area contributed by atoms with E-state index in [0.717, 1.165) is 16.7 Å². The zero-order chi connectivity index (χ0) is 34.1. The quantitative estimate of drug-likeness (QED) is 0.372. The van der Waals surface area contributed by atoms with Gasteiger partial charge in [0.2, 0.25) is 0 Å². The molecular weight excluding hydrogens is 631 g/mol. The first kappa shape index (κ1) is 35.9. The molecule has 3 heterocycles. The zero-order valence-electron chi connectivity index (χ0n) is 23.8. The molecule has 9 nitrogen and oxygen atoms in total. The Labute approximate surface area is 257 Å². The number of aromatic nitrogens is 1. The van der Waals surface area contributed by atoms with Crippen molar-refractivity contribution in [2.24, 2.45) is 0 Å². The average molecular weight is 660 g/mol. The Kier molecular flexibility index (Phi) is 11.8. The van der Waals surface area contributed by atoms with Crippen molar-refractivity contribution in [3.63, 3.8) is 0 Å². The van der Waals surface area contributed by atoms with E-state index in [1.54, 1.807) is 18.3 Å². The first-order valence-electron chi connectivity index (χ1n) is 13.5. The molecule has 0 aliphatic carbocycles. The molecule has 5 rings (SSSR count). The van der Waals surface area contributed by atoms with E-state index in [0.29, 0.717) is 39.3 Å². The van der Waals surface area contributed by atoms with Gasteiger partial charge in [-0.25, -0.2) is 14.0 Å². The fourth-order valence-electron chi connectivity index (χ4n) is 4.92. The number of pyridine rings is 1. The number of hydrogen-bond donors (Lipinski definition) is 2. The molecule has 46 heavy (non-hydrogen) atoms. The van der Waals surface area contributed by atoms with Crippen molar-refractivity contribution in [1.82, 2.24) is 14.8 Å². The third-order valence-corrected chi connectivity index (χ3v) is 6.94. The van der Waals surface area contributed by atoms with E-state index >= 15 is 0 Å². The Bertz CT molecular complexity index is 1430. The van der Waals surface area contributed by atoms with Gasteiger partial charge in [-0.3, -0.25) is 14.7 Å². The molecular formula is C30H28F7N3O6. The molecule has 2 unspecified atom stereocenters. The lowest BCUT2D eigenvalue weighted by Crippen LogP contribution is -2.59. The second-order valence-electron chi connectivity index (χ2n) is 10.2. The summed E-state index contributed by atoms with van der Waals surface area (Å²) in [7, 11) is 0. The van der Waals surface area contributed by atoms with Crippen LogP contribution in [0, 0.1) is 5.82 Å². The number of carboxylic acid groups (broad SMARTS) is 2. The largest absolute Gasteiger partial charge is 0.490 e. The zero-order valence-corrected chi connectivity index (χ0v) is 23.8. The number of alkyl halides is 6. The number of rotatable bonds is 5. The van der Waals surface area contributed by atoms with E-state index in [1.165, 1.54) is 12.1 Å². The van der Waals surface area contributed by atoms with Gasteiger partial charge in [-0.2, -0.15) is 26.3 Å². The van der Waals surface area contributed by atoms with Crippen LogP contribution in [0.4, 0.5) is 30.7 Å². The van der Waals surface area contributed by atoms with Gasteiger partial charge in [-0.05, 0) is 34.9 Å². The van der Waals surface area contributed by atoms with Crippen molar-refractivity contribution in [3.05, 3.63) is 102 Å². The number of amides is 1. The maximum atomic E-state index is 13.9. The van der Waals surface area contributed by atoms with Gasteiger partial charge in [0.05, 0.1) is 6.61 Å². The lowest BCUT2D eigenvalue weighted by Gasteiger charge is -2.42. The van der Waals surface area contributed by atoms with E-state index in [4.69, 9.17) is 24.5 Å². The number of nitrogens with zero attached hydrogens (tertiary/aromatic N) is 3. The molecule has 0 bridgehead atoms. The van der Waals surface area contributed by atoms with Gasteiger partial charge in [-0.15, -0.1) is 0 Å². The molecule has 2 aromatic carbocycles. The highest BCUT2D eigenvalue weighted by molar-refractivity contribution is 5.88. The average Bonchev–Trinajstić information content (AvgIpc) is 3.35. The van der Waals surface area contributed by atoms with Crippen molar-refractivity contribution >= 4 is 17.8 Å². The van der Waals surface area contributed by atoms with Crippen molar-refractivity contribution in [1.29, 1.82) is 0 Å². The van der Waals surface area contributed by atoms with Crippen LogP contribution in [-0.2, 0) is 32.2 Å². The predicted molar refractivity (Wildman–Crippen MR) is 147 cm³/mol. The normalized spacial score (nSPS) is 19.9. The van der Waals surface area contributed by atoms with Crippen molar-refractivity contribution < 1.29 is 60.1 Å². The lowest BCUT2D eigenvalue weighted by atomic mass is 9.83. The molecule has 0 radical (unpaired) electrons. The molecule has 248 valence electrons. The van der Waals surface area contributed by atoms with E-state index in [2.05, 4.69) is 9.88 Å². The minimum absolute atomic E-state index is 0.0306. The van der Waals surface area contributed by atoms with Gasteiger partial charge in [-0.1, -0.05) is 48.5 Å². The molecule has 2 atom stereocenters. The van der Waals surface area contributed by atoms with Gasteiger partial charge in [0.15, 0.2) is 5.60 Å². The van der Waals surface area contributed by atoms with Crippen LogP contribution < -0.4 is 0 Å². The SMILES string of the molecule is O=C(O)C(F)(F)F.O=C(O)C(F)(F)F.O=C1N(Cc2ccccc2)CCOC12CN(Cc1ccc(F)cc1)CC2c1cccnc1. The molecule has 3 aromatic rings. The third-order valence-electron chi connectivity index (χ3n) is 6.94. The number of ether oxygens (including phenoxy) is 1. The van der Waals surface area contributed by atoms with Crippen molar-refractivity contribution in [3.8, 4) is 0 Å². The fourth-order valence-corrected chi connectivity index (χ4v) is 4.92. The number of likely N-dealkylation sites (tertiary alicyclic amines) is 1. The molecule has 1 amide bonds. The number of halogens is 7. The predicted octanol–water partition coefficient (Wildman–Crippen LogP) is 4.88. The van der Waals surface area contributed by atoms with E-state index in [-0.39, 0.29) is 17.6 Å². The third kappa shape index (κ3) is 9.71. The molecule has 2 fully saturated rings. The lowest BCUT2D eigenvalue weighted by molar-refractivity contribution is -0.193. The summed E-state index contributed by atoms with van der Waals surface area (Å²) in [6.45, 7) is 3.45. The number of benzene rings is 2. The Morgan fingerprint density at radius 1 is 0.870 bits per heavy atom. The second-order valence-corrected chi connectivity index (χ2v) is 10.2. The summed E-state index contributed by atoms with van der Waals surface area (Å²) in [6, 6.07) is 20.5. The monoisotopic (exact) mass is 659 g/mol. The van der Waals surface area contributed by atoms with Crippen LogP contribution in [0.2, 0.25) is 0 Å². The van der Waals surface area contributed by atoms with E-state index in [1.807, 2.05) is 53.6 Å². The van der Waals surface area contributed by atoms with E-state index in [9.17, 15) is 35.5 Å². The molecule has 2 N–H and O–H groups in total. The maximum absolute atomic E-state index is 13.9. The Balaban J connectivity index is 0.000000345. The van der Waals surface area contributed by atoms with Gasteiger partial charge >= 0.3 is 24.3 Å². The minimum atomic E-state index is -5.08. The minimum Gasteiger partial charge on any atom is -0.475 e. The highest BCUT2D eigenvalue weighted by atomic mass is 19.4. The fraction of sp³-hybridized carbons (Fsp3) is 0.333. The first-order chi connectivity index (χ1) is 21.5. The summed E-state index contributed by atoms with van der Waals surface area (Å²) in [6.07, 6.45) is -6.59. The summed E-state index contributed by atoms with van der Waals surface area (Å²) in [5.41, 5.74) is 2.18. The van der Waals surface area contributed by atoms with Gasteiger partial charge in [0.25, 0.3) is 5.91 Å². The number of hydrogen-bond acceptors (Lipinski definition) is 6. The van der Waals surface area contributed by atoms with Crippen LogP contribution in [0.15, 0.2) is 79.1 Å². The standard InChI is InChI=1S/C26H26FN3O2.2C2HF3O2/c27-23-10-8-21(9-11-23)16-29-18-24(22-7-4-12-28-15-22)26(19-29)25(31)30(13-14-32-26)17-20-5-2-1-3-6-20;2*3-2(4,5)1(6)7/h1-12,15,24H,13-14,16-19H2;2*(H,6,7). The summed E-state index contributed by atoms with van der Waals surface area (Å²) >= 11 is 0. The molecule has 1 spiro atoms. The summed E-state index contributed by atoms with van der Waals surface area (Å²) in [5, 5.41) is 14.2. The molecule has 2 aliphatic heterocycles. The molecule has 2 aliphatic rings. The smallest absolute Gasteiger partial charge is 0.475 e. The highest BCUT2D eigenvalue weighted by Gasteiger charge is 2.57. The Morgan fingerprint density at radius 3 is 1.96 bits per heavy atom. The molecule has 16 heteroatoms. The number of carbonyl (C=O) groups is 3. The van der Waals surface area contributed by atoms with Crippen LogP contribution in [0.25, 0.3) is 0 Å². The van der Waals surface area contributed by atoms with Crippen LogP contribution >= 0.6 is 0 Å². The Hall–Kier alpha value is -4.57. The summed E-state index contributed by atoms with van der Waals surface area (Å²) in [4.78, 5) is 40.1. The molecule has 1 aromatic heterocycles. The molecule has 0 saturated carbocycles. The molecule has 2 saturated heterocycles. The van der Waals surface area contributed by atoms with Crippen LogP contribution in [0.1, 0.15) is 22.6 Å². The number of carbonyl (C=O) groups excluding carboxylic acids is 1. The van der Waals surface area contributed by atoms with Crippen LogP contribution in [0.5, 0.6) is 0 Å². The van der Waals surface area contributed by atoms with Gasteiger partial charge in [0, 0.05) is 51.0 Å². The first-order valence-corrected chi connectivity index (χ1v) is 13.5. The van der Waals surface area contributed by atoms with Crippen LogP contribution in [0.3, 0.4) is 0 Å². The van der Waals surface area contributed by atoms with Gasteiger partial charge < -0.3 is 19.8 Å².